The van der Waals surface area contributed by atoms with E-state index < -0.39 is 0 Å². The summed E-state index contributed by atoms with van der Waals surface area (Å²) in [5.41, 5.74) is 7.79. The predicted octanol–water partition coefficient (Wildman–Crippen LogP) is 9.00. The Bertz CT molecular complexity index is 862. The van der Waals surface area contributed by atoms with Crippen LogP contribution in [0.1, 0.15) is 77.2 Å². The second kappa shape index (κ2) is 11.7. The van der Waals surface area contributed by atoms with Crippen molar-refractivity contribution in [2.24, 2.45) is 0 Å². The molecule has 0 N–H and O–H groups in total. The lowest BCUT2D eigenvalue weighted by molar-refractivity contribution is 0.277. The van der Waals surface area contributed by atoms with Crippen LogP contribution in [-0.2, 0) is 0 Å². The summed E-state index contributed by atoms with van der Waals surface area (Å²) in [4.78, 5) is 2.50. The van der Waals surface area contributed by atoms with E-state index in [-0.39, 0.29) is 0 Å². The maximum atomic E-state index is 4.51. The molecule has 2 aromatic carbocycles. The monoisotopic (exact) mass is 413 g/mol. The Kier molecular flexibility index (Phi) is 8.76. The first-order chi connectivity index (χ1) is 15.1. The van der Waals surface area contributed by atoms with Crippen molar-refractivity contribution < 1.29 is 0 Å². The summed E-state index contributed by atoms with van der Waals surface area (Å²) in [6, 6.07) is 20.1. The molecule has 0 radical (unpaired) electrons. The summed E-state index contributed by atoms with van der Waals surface area (Å²) in [7, 11) is 0. The molecule has 0 amide bonds. The highest BCUT2D eigenvalue weighted by atomic mass is 15.2. The van der Waals surface area contributed by atoms with Crippen LogP contribution in [0.4, 0.5) is 0 Å². The molecule has 1 aliphatic rings. The molecule has 0 saturated heterocycles. The Morgan fingerprint density at radius 2 is 1.58 bits per heavy atom. The molecular formula is C30H39N. The fourth-order valence-corrected chi connectivity index (χ4v) is 4.47. The molecular weight excluding hydrogens is 374 g/mol. The first kappa shape index (κ1) is 23.1. The van der Waals surface area contributed by atoms with Crippen LogP contribution in [0.25, 0.3) is 16.7 Å². The molecule has 164 valence electrons. The number of nitrogens with zero attached hydrogens (tertiary/aromatic N) is 1. The van der Waals surface area contributed by atoms with Crippen molar-refractivity contribution in [3.63, 3.8) is 0 Å². The zero-order valence-electron chi connectivity index (χ0n) is 19.6. The molecule has 0 spiro atoms. The molecule has 0 bridgehead atoms. The lowest BCUT2D eigenvalue weighted by Gasteiger charge is -2.36. The van der Waals surface area contributed by atoms with E-state index in [1.165, 1.54) is 72.1 Å². The normalized spacial score (nSPS) is 15.2. The molecule has 31 heavy (non-hydrogen) atoms. The van der Waals surface area contributed by atoms with E-state index in [0.29, 0.717) is 6.04 Å². The highest BCUT2D eigenvalue weighted by molar-refractivity contribution is 5.69. The van der Waals surface area contributed by atoms with Gasteiger partial charge in [0.05, 0.1) is 0 Å². The van der Waals surface area contributed by atoms with E-state index in [0.717, 1.165) is 19.3 Å². The molecule has 1 heteroatoms. The van der Waals surface area contributed by atoms with Crippen molar-refractivity contribution in [3.8, 4) is 11.1 Å². The van der Waals surface area contributed by atoms with Gasteiger partial charge in [0.1, 0.15) is 0 Å². The lowest BCUT2D eigenvalue weighted by Crippen LogP contribution is -2.32. The number of hydrogen-bond donors (Lipinski definition) is 0. The molecule has 1 aliphatic carbocycles. The highest BCUT2D eigenvalue weighted by Crippen LogP contribution is 2.31. The zero-order chi connectivity index (χ0) is 22.1. The van der Waals surface area contributed by atoms with Gasteiger partial charge < -0.3 is 4.90 Å². The average molecular weight is 414 g/mol. The predicted molar refractivity (Wildman–Crippen MR) is 137 cm³/mol. The Hall–Kier alpha value is -2.54. The number of hydrogen-bond acceptors (Lipinski definition) is 1. The van der Waals surface area contributed by atoms with Gasteiger partial charge in [-0.25, -0.2) is 0 Å². The SMILES string of the molecule is C=C1CCC(N(/C=C(\C)c2ccc(-c3ccccc3)cc2)C(=C)CCCCCC)CC1. The summed E-state index contributed by atoms with van der Waals surface area (Å²) in [5.74, 6) is 0. The van der Waals surface area contributed by atoms with Crippen molar-refractivity contribution in [2.45, 2.75) is 77.7 Å². The minimum atomic E-state index is 0.544. The van der Waals surface area contributed by atoms with Crippen LogP contribution >= 0.6 is 0 Å². The summed E-state index contributed by atoms with van der Waals surface area (Å²) in [6.07, 6.45) is 13.2. The molecule has 1 nitrogen and oxygen atoms in total. The quantitative estimate of drug-likeness (QED) is 0.277. The van der Waals surface area contributed by atoms with Gasteiger partial charge in [0.25, 0.3) is 0 Å². The standard InChI is InChI=1S/C30H39N/c1-5-6-7-9-12-26(4)31(30-21-15-24(2)16-22-30)23-25(3)27-17-19-29(20-18-27)28-13-10-8-11-14-28/h8,10-11,13-14,17-20,23,30H,2,4-7,9,12,15-16,21-22H2,1,3H3/b25-23+. The van der Waals surface area contributed by atoms with Gasteiger partial charge in [0.15, 0.2) is 0 Å². The molecule has 0 aromatic heterocycles. The van der Waals surface area contributed by atoms with E-state index >= 15 is 0 Å². The van der Waals surface area contributed by atoms with Crippen molar-refractivity contribution >= 4 is 5.57 Å². The first-order valence-electron chi connectivity index (χ1n) is 12.1. The molecule has 0 unspecified atom stereocenters. The topological polar surface area (TPSA) is 3.24 Å². The van der Waals surface area contributed by atoms with E-state index in [4.69, 9.17) is 0 Å². The molecule has 0 heterocycles. The number of allylic oxidation sites excluding steroid dienone is 3. The van der Waals surface area contributed by atoms with Gasteiger partial charge in [-0.3, -0.25) is 0 Å². The summed E-state index contributed by atoms with van der Waals surface area (Å²) < 4.78 is 0. The van der Waals surface area contributed by atoms with E-state index in [9.17, 15) is 0 Å². The van der Waals surface area contributed by atoms with Crippen LogP contribution in [0, 0.1) is 0 Å². The molecule has 2 aromatic rings. The third-order valence-corrected chi connectivity index (χ3v) is 6.52. The Labute approximate surface area is 190 Å². The third kappa shape index (κ3) is 6.72. The fourth-order valence-electron chi connectivity index (χ4n) is 4.47. The largest absolute Gasteiger partial charge is 0.349 e. The smallest absolute Gasteiger partial charge is 0.0339 e. The van der Waals surface area contributed by atoms with E-state index in [1.54, 1.807) is 0 Å². The van der Waals surface area contributed by atoms with Gasteiger partial charge in [0.2, 0.25) is 0 Å². The Morgan fingerprint density at radius 1 is 0.935 bits per heavy atom. The van der Waals surface area contributed by atoms with Gasteiger partial charge in [0, 0.05) is 17.9 Å². The molecule has 1 fully saturated rings. The average Bonchev–Trinajstić information content (AvgIpc) is 2.81. The second-order valence-corrected chi connectivity index (χ2v) is 9.02. The molecule has 3 rings (SSSR count). The highest BCUT2D eigenvalue weighted by Gasteiger charge is 2.22. The molecule has 0 atom stereocenters. The fraction of sp³-hybridized carbons (Fsp3) is 0.400. The Morgan fingerprint density at radius 3 is 2.23 bits per heavy atom. The first-order valence-corrected chi connectivity index (χ1v) is 12.1. The van der Waals surface area contributed by atoms with Gasteiger partial charge in [-0.2, -0.15) is 0 Å². The second-order valence-electron chi connectivity index (χ2n) is 9.02. The third-order valence-electron chi connectivity index (χ3n) is 6.52. The van der Waals surface area contributed by atoms with Crippen LogP contribution in [0.2, 0.25) is 0 Å². The van der Waals surface area contributed by atoms with Crippen molar-refractivity contribution in [3.05, 3.63) is 90.8 Å². The van der Waals surface area contributed by atoms with Crippen molar-refractivity contribution in [1.29, 1.82) is 0 Å². The molecule has 0 aliphatic heterocycles. The minimum Gasteiger partial charge on any atom is -0.349 e. The lowest BCUT2D eigenvalue weighted by atomic mass is 9.90. The van der Waals surface area contributed by atoms with Crippen molar-refractivity contribution in [1.82, 2.24) is 4.90 Å². The Balaban J connectivity index is 1.75. The van der Waals surface area contributed by atoms with E-state index in [2.05, 4.69) is 92.7 Å². The maximum Gasteiger partial charge on any atom is 0.0339 e. The zero-order valence-corrected chi connectivity index (χ0v) is 19.6. The number of benzene rings is 2. The summed E-state index contributed by atoms with van der Waals surface area (Å²) >= 11 is 0. The summed E-state index contributed by atoms with van der Waals surface area (Å²) in [5, 5.41) is 0. The molecule has 1 saturated carbocycles. The van der Waals surface area contributed by atoms with Gasteiger partial charge in [-0.05, 0) is 67.7 Å². The van der Waals surface area contributed by atoms with Crippen LogP contribution in [0.5, 0.6) is 0 Å². The van der Waals surface area contributed by atoms with Crippen molar-refractivity contribution in [2.75, 3.05) is 0 Å². The van der Waals surface area contributed by atoms with E-state index in [1.807, 2.05) is 0 Å². The van der Waals surface area contributed by atoms with Crippen LogP contribution in [0.15, 0.2) is 85.2 Å². The van der Waals surface area contributed by atoms with Gasteiger partial charge in [-0.15, -0.1) is 0 Å². The number of rotatable bonds is 10. The summed E-state index contributed by atoms with van der Waals surface area (Å²) in [6.45, 7) is 13.2. The van der Waals surface area contributed by atoms with Gasteiger partial charge >= 0.3 is 0 Å². The van der Waals surface area contributed by atoms with Crippen LogP contribution in [0.3, 0.4) is 0 Å². The van der Waals surface area contributed by atoms with Crippen LogP contribution < -0.4 is 0 Å². The minimum absolute atomic E-state index is 0.544. The van der Waals surface area contributed by atoms with Gasteiger partial charge in [-0.1, -0.05) is 99.5 Å². The maximum absolute atomic E-state index is 4.51. The van der Waals surface area contributed by atoms with Crippen LogP contribution in [-0.4, -0.2) is 10.9 Å². The number of unbranched alkanes of at least 4 members (excludes halogenated alkanes) is 3.